The lowest BCUT2D eigenvalue weighted by atomic mass is 10.3. The van der Waals surface area contributed by atoms with Crippen LogP contribution in [0.15, 0.2) is 11.8 Å². The summed E-state index contributed by atoms with van der Waals surface area (Å²) in [4.78, 5) is 10.4. The monoisotopic (exact) mass is 517 g/mol. The summed E-state index contributed by atoms with van der Waals surface area (Å²) >= 11 is 0. The third-order valence-electron chi connectivity index (χ3n) is 3.60. The van der Waals surface area contributed by atoms with E-state index in [-0.39, 0.29) is 0 Å². The topological polar surface area (TPSA) is 95.1 Å². The first kappa shape index (κ1) is 29.2. The van der Waals surface area contributed by atoms with Gasteiger partial charge in [0.05, 0.1) is 0 Å². The van der Waals surface area contributed by atoms with Crippen LogP contribution in [0.5, 0.6) is 0 Å². The third kappa shape index (κ3) is 6.15. The van der Waals surface area contributed by atoms with E-state index in [2.05, 4.69) is 43.9 Å². The Balaban J connectivity index is 0.000000743. The first-order valence-electron chi connectivity index (χ1n) is 7.67. The molecule has 0 aliphatic carbocycles. The van der Waals surface area contributed by atoms with E-state index in [0.717, 1.165) is 6.54 Å². The predicted molar refractivity (Wildman–Crippen MR) is 86.2 cm³/mol. The van der Waals surface area contributed by atoms with Gasteiger partial charge in [0.1, 0.15) is 0 Å². The minimum absolute atomic E-state index is 0.579. The second-order valence-corrected chi connectivity index (χ2v) is 9.52. The maximum Gasteiger partial charge on any atom is 0.517 e. The number of allylic oxidation sites excluding steroid dienone is 1. The molecule has 0 bridgehead atoms. The van der Waals surface area contributed by atoms with Gasteiger partial charge in [-0.25, -0.2) is 5.01 Å². The van der Waals surface area contributed by atoms with E-state index in [9.17, 15) is 61.1 Å². The number of halogens is 9. The minimum atomic E-state index is -7.81. The number of sulfonamides is 2. The highest BCUT2D eigenvalue weighted by Gasteiger charge is 2.67. The summed E-state index contributed by atoms with van der Waals surface area (Å²) in [5.74, 6) is -4.39. The van der Waals surface area contributed by atoms with Gasteiger partial charge in [-0.1, -0.05) is 6.92 Å². The number of hydrogen-bond acceptors (Lipinski definition) is 7. The molecule has 1 unspecified atom stereocenters. The van der Waals surface area contributed by atoms with E-state index in [1.54, 1.807) is 0 Å². The van der Waals surface area contributed by atoms with Crippen LogP contribution < -0.4 is 0 Å². The smallest absolute Gasteiger partial charge is 0.313 e. The van der Waals surface area contributed by atoms with Crippen molar-refractivity contribution in [3.63, 3.8) is 0 Å². The maximum atomic E-state index is 12.0. The quantitative estimate of drug-likeness (QED) is 0.531. The summed E-state index contributed by atoms with van der Waals surface area (Å²) in [6.07, 6.45) is -4.36. The van der Waals surface area contributed by atoms with Gasteiger partial charge in [0, 0.05) is 25.3 Å². The van der Waals surface area contributed by atoms with Crippen molar-refractivity contribution >= 4 is 26.0 Å². The molecule has 0 radical (unpaired) electrons. The largest absolute Gasteiger partial charge is 0.517 e. The lowest BCUT2D eigenvalue weighted by Crippen LogP contribution is -2.55. The normalized spacial score (nSPS) is 18.9. The van der Waals surface area contributed by atoms with Gasteiger partial charge in [-0.05, 0) is 19.9 Å². The van der Waals surface area contributed by atoms with E-state index in [0.29, 0.717) is 6.04 Å². The van der Waals surface area contributed by atoms with Crippen LogP contribution in [0.1, 0.15) is 20.8 Å². The van der Waals surface area contributed by atoms with Crippen molar-refractivity contribution in [1.82, 2.24) is 13.7 Å². The summed E-state index contributed by atoms with van der Waals surface area (Å²) in [5.41, 5.74) is -12.5. The third-order valence-corrected chi connectivity index (χ3v) is 7.15. The molecule has 0 N–H and O–H groups in total. The number of alkyl halides is 9. The Morgan fingerprint density at radius 3 is 1.48 bits per heavy atom. The Labute approximate surface area is 170 Å². The molecule has 1 atom stereocenters. The van der Waals surface area contributed by atoms with Crippen molar-refractivity contribution in [1.29, 1.82) is 0 Å². The molecule has 1 aliphatic heterocycles. The van der Waals surface area contributed by atoms with E-state index >= 15 is 0 Å². The Kier molecular flexibility index (Phi) is 8.49. The van der Waals surface area contributed by atoms with Crippen molar-refractivity contribution in [2.24, 2.45) is 0 Å². The molecule has 0 spiro atoms. The molecule has 1 aliphatic rings. The van der Waals surface area contributed by atoms with Crippen molar-refractivity contribution < 1.29 is 61.1 Å². The average molecular weight is 517 g/mol. The van der Waals surface area contributed by atoms with Crippen molar-refractivity contribution in [2.45, 2.75) is 44.0 Å². The molecule has 19 heteroatoms. The molecule has 0 aromatic carbocycles. The number of carbonyl (C=O) groups is 1. The zero-order chi connectivity index (χ0) is 25.4. The number of hydrogen-bond donors (Lipinski definition) is 0. The first-order chi connectivity index (χ1) is 13.4. The van der Waals surface area contributed by atoms with Gasteiger partial charge in [-0.15, -0.1) is 3.71 Å². The molecule has 1 heterocycles. The molecule has 184 valence electrons. The molecule has 8 nitrogen and oxygen atoms in total. The van der Waals surface area contributed by atoms with Gasteiger partial charge < -0.3 is 5.01 Å². The van der Waals surface area contributed by atoms with Gasteiger partial charge in [0.15, 0.2) is 0 Å². The number of carbonyl (C=O) groups excluding carboxylic acids is 1. The van der Waals surface area contributed by atoms with Crippen LogP contribution in [0.3, 0.4) is 0 Å². The molecular weight excluding hydrogens is 501 g/mol. The first-order valence-corrected chi connectivity index (χ1v) is 10.6. The van der Waals surface area contributed by atoms with Gasteiger partial charge in [0.25, 0.3) is 0 Å². The van der Waals surface area contributed by atoms with Crippen LogP contribution in [0.2, 0.25) is 0 Å². The molecule has 1 rings (SSSR count). The minimum Gasteiger partial charge on any atom is -0.313 e. The van der Waals surface area contributed by atoms with E-state index in [1.165, 1.54) is 5.70 Å². The fourth-order valence-corrected chi connectivity index (χ4v) is 4.72. The van der Waals surface area contributed by atoms with E-state index in [1.807, 2.05) is 0 Å². The molecule has 0 saturated carbocycles. The fourth-order valence-electron chi connectivity index (χ4n) is 2.16. The van der Waals surface area contributed by atoms with Crippen LogP contribution in [-0.4, -0.2) is 73.3 Å². The van der Waals surface area contributed by atoms with Crippen molar-refractivity contribution in [2.75, 3.05) is 13.6 Å². The lowest BCUT2D eigenvalue weighted by Gasteiger charge is -2.29. The summed E-state index contributed by atoms with van der Waals surface area (Å²) in [6.45, 7) is 7.63. The number of likely N-dealkylation sites (N-methyl/N-ethyl adjacent to an activating group) is 1. The van der Waals surface area contributed by atoms with Crippen molar-refractivity contribution in [3.05, 3.63) is 11.8 Å². The van der Waals surface area contributed by atoms with Crippen molar-refractivity contribution in [3.8, 4) is 0 Å². The van der Waals surface area contributed by atoms with Crippen LogP contribution >= 0.6 is 0 Å². The summed E-state index contributed by atoms with van der Waals surface area (Å²) in [6, 6.07) is 0.579. The molecule has 1 amide bonds. The zero-order valence-corrected chi connectivity index (χ0v) is 17.6. The molecular formula is C12H16F9N3O5S2. The Morgan fingerprint density at radius 2 is 1.32 bits per heavy atom. The zero-order valence-electron chi connectivity index (χ0n) is 16.0. The second-order valence-electron chi connectivity index (χ2n) is 5.73. The Hall–Kier alpha value is -1.76. The number of rotatable bonds is 3. The molecule has 0 saturated heterocycles. The van der Waals surface area contributed by atoms with Gasteiger partial charge in [-0.3, -0.25) is 4.79 Å². The summed E-state index contributed by atoms with van der Waals surface area (Å²) < 4.78 is 146. The maximum absolute atomic E-state index is 12.0. The second kappa shape index (κ2) is 9.00. The number of nitrogens with zero attached hydrogens (tertiary/aromatic N) is 3. The van der Waals surface area contributed by atoms with Crippen LogP contribution in [0.4, 0.5) is 39.5 Å². The predicted octanol–water partition coefficient (Wildman–Crippen LogP) is 2.54. The van der Waals surface area contributed by atoms with Crippen LogP contribution in [-0.2, 0) is 24.8 Å². The van der Waals surface area contributed by atoms with Gasteiger partial charge in [-0.2, -0.15) is 56.3 Å². The van der Waals surface area contributed by atoms with E-state index < -0.39 is 46.9 Å². The SMILES string of the molecule is CCN1C(C)C=C(C)N1C.O=C(N(S(=O)(=O)C(F)(F)F)S(=O)(=O)C(F)(F)F)C(F)(F)F. The van der Waals surface area contributed by atoms with E-state index in [4.69, 9.17) is 0 Å². The molecule has 0 fully saturated rings. The average Bonchev–Trinajstić information content (AvgIpc) is 2.76. The number of hydrazine groups is 1. The highest BCUT2D eigenvalue weighted by Crippen LogP contribution is 2.37. The molecule has 31 heavy (non-hydrogen) atoms. The fraction of sp³-hybridized carbons (Fsp3) is 0.750. The van der Waals surface area contributed by atoms with Gasteiger partial charge in [0.2, 0.25) is 0 Å². The lowest BCUT2D eigenvalue weighted by molar-refractivity contribution is -0.177. The van der Waals surface area contributed by atoms with Gasteiger partial charge >= 0.3 is 43.1 Å². The standard InChI is InChI=1S/C8H16N2.C4F9NO5S2/c1-5-10-8(3)6-7(2)9(10)4;5-2(6,7)1(15)14(20(16,17)3(8,9)10)21(18,19)4(11,12)13/h6,8H,5H2,1-4H3;. The Morgan fingerprint density at radius 1 is 0.968 bits per heavy atom. The summed E-state index contributed by atoms with van der Waals surface area (Å²) in [7, 11) is -13.5. The highest BCUT2D eigenvalue weighted by molar-refractivity contribution is 8.05. The molecule has 0 aromatic heterocycles. The van der Waals surface area contributed by atoms with Crippen LogP contribution in [0.25, 0.3) is 0 Å². The van der Waals surface area contributed by atoms with Crippen LogP contribution in [0, 0.1) is 0 Å². The molecule has 0 aromatic rings. The highest BCUT2D eigenvalue weighted by atomic mass is 32.3. The number of amides is 1. The summed E-state index contributed by atoms with van der Waals surface area (Å²) in [5, 5.41) is 4.54. The Bertz CT molecular complexity index is 863.